The average Bonchev–Trinajstić information content (AvgIpc) is 2.83. The summed E-state index contributed by atoms with van der Waals surface area (Å²) >= 11 is 0. The normalized spacial score (nSPS) is 16.0. The SMILES string of the molecule is COCOc1ccc(C(=C2CCCC(C(=O)OC)C2)c2ccc(OCOC)cc2)cc1. The zero-order valence-electron chi connectivity index (χ0n) is 18.4. The predicted molar refractivity (Wildman–Crippen MR) is 118 cm³/mol. The van der Waals surface area contributed by atoms with E-state index in [9.17, 15) is 4.79 Å². The van der Waals surface area contributed by atoms with Crippen LogP contribution in [-0.4, -0.2) is 40.9 Å². The molecule has 0 aliphatic heterocycles. The Labute approximate surface area is 183 Å². The molecule has 1 unspecified atom stereocenters. The maximum atomic E-state index is 12.2. The lowest BCUT2D eigenvalue weighted by Crippen LogP contribution is -2.20. The third-order valence-corrected chi connectivity index (χ3v) is 5.38. The van der Waals surface area contributed by atoms with Gasteiger partial charge < -0.3 is 23.7 Å². The molecule has 0 radical (unpaired) electrons. The summed E-state index contributed by atoms with van der Waals surface area (Å²) < 4.78 is 26.0. The van der Waals surface area contributed by atoms with Crippen LogP contribution in [0, 0.1) is 5.92 Å². The van der Waals surface area contributed by atoms with Gasteiger partial charge in [-0.3, -0.25) is 4.79 Å². The molecule has 31 heavy (non-hydrogen) atoms. The van der Waals surface area contributed by atoms with Gasteiger partial charge in [-0.2, -0.15) is 0 Å². The molecule has 0 aromatic heterocycles. The van der Waals surface area contributed by atoms with E-state index in [-0.39, 0.29) is 25.5 Å². The lowest BCUT2D eigenvalue weighted by atomic mass is 9.80. The van der Waals surface area contributed by atoms with Gasteiger partial charge in [-0.05, 0) is 66.6 Å². The van der Waals surface area contributed by atoms with E-state index in [1.807, 2.05) is 48.5 Å². The van der Waals surface area contributed by atoms with E-state index in [0.717, 1.165) is 47.5 Å². The molecule has 1 fully saturated rings. The molecule has 0 bridgehead atoms. The summed E-state index contributed by atoms with van der Waals surface area (Å²) in [7, 11) is 4.65. The van der Waals surface area contributed by atoms with Gasteiger partial charge >= 0.3 is 5.97 Å². The minimum Gasteiger partial charge on any atom is -0.469 e. The number of rotatable bonds is 9. The fraction of sp³-hybridized carbons (Fsp3) is 0.400. The first kappa shape index (κ1) is 22.8. The molecule has 1 aliphatic rings. The van der Waals surface area contributed by atoms with Crippen molar-refractivity contribution < 1.29 is 28.5 Å². The van der Waals surface area contributed by atoms with Crippen molar-refractivity contribution in [3.63, 3.8) is 0 Å². The molecule has 3 rings (SSSR count). The van der Waals surface area contributed by atoms with Gasteiger partial charge in [0.2, 0.25) is 0 Å². The molecule has 6 heteroatoms. The van der Waals surface area contributed by atoms with Gasteiger partial charge in [-0.15, -0.1) is 0 Å². The van der Waals surface area contributed by atoms with Gasteiger partial charge in [0.05, 0.1) is 13.0 Å². The van der Waals surface area contributed by atoms with Crippen LogP contribution < -0.4 is 9.47 Å². The van der Waals surface area contributed by atoms with Crippen LogP contribution in [0.3, 0.4) is 0 Å². The van der Waals surface area contributed by atoms with Gasteiger partial charge in [0.1, 0.15) is 11.5 Å². The smallest absolute Gasteiger partial charge is 0.308 e. The van der Waals surface area contributed by atoms with Crippen molar-refractivity contribution in [2.75, 3.05) is 34.9 Å². The zero-order chi connectivity index (χ0) is 22.1. The monoisotopic (exact) mass is 426 g/mol. The van der Waals surface area contributed by atoms with Gasteiger partial charge in [-0.1, -0.05) is 29.8 Å². The first-order valence-electron chi connectivity index (χ1n) is 10.4. The molecule has 0 N–H and O–H groups in total. The van der Waals surface area contributed by atoms with E-state index in [4.69, 9.17) is 23.7 Å². The fourth-order valence-corrected chi connectivity index (χ4v) is 3.92. The van der Waals surface area contributed by atoms with Crippen LogP contribution in [0.25, 0.3) is 5.57 Å². The van der Waals surface area contributed by atoms with E-state index < -0.39 is 0 Å². The molecular formula is C25H30O6. The van der Waals surface area contributed by atoms with Crippen molar-refractivity contribution in [1.29, 1.82) is 0 Å². The summed E-state index contributed by atoms with van der Waals surface area (Å²) in [5, 5.41) is 0. The molecule has 2 aromatic carbocycles. The number of esters is 1. The first-order chi connectivity index (χ1) is 15.2. The van der Waals surface area contributed by atoms with E-state index in [1.54, 1.807) is 14.2 Å². The van der Waals surface area contributed by atoms with Crippen LogP contribution in [0.15, 0.2) is 54.1 Å². The highest BCUT2D eigenvalue weighted by atomic mass is 16.7. The fourth-order valence-electron chi connectivity index (χ4n) is 3.92. The van der Waals surface area contributed by atoms with Gasteiger partial charge in [-0.25, -0.2) is 0 Å². The number of hydrogen-bond donors (Lipinski definition) is 0. The van der Waals surface area contributed by atoms with Gasteiger partial charge in [0.15, 0.2) is 13.6 Å². The summed E-state index contributed by atoms with van der Waals surface area (Å²) in [4.78, 5) is 12.2. The Morgan fingerprint density at radius 1 is 0.839 bits per heavy atom. The molecular weight excluding hydrogens is 396 g/mol. The summed E-state index contributed by atoms with van der Waals surface area (Å²) in [6, 6.07) is 15.9. The van der Waals surface area contributed by atoms with Crippen LogP contribution in [0.1, 0.15) is 36.8 Å². The summed E-state index contributed by atoms with van der Waals surface area (Å²) in [5.74, 6) is 1.25. The summed E-state index contributed by atoms with van der Waals surface area (Å²) in [6.45, 7) is 0.411. The molecule has 166 valence electrons. The number of allylic oxidation sites excluding steroid dienone is 1. The van der Waals surface area contributed by atoms with E-state index >= 15 is 0 Å². The molecule has 0 spiro atoms. The van der Waals surface area contributed by atoms with Crippen molar-refractivity contribution in [1.82, 2.24) is 0 Å². The predicted octanol–water partition coefficient (Wildman–Crippen LogP) is 4.82. The third kappa shape index (κ3) is 6.09. The maximum absolute atomic E-state index is 12.2. The van der Waals surface area contributed by atoms with Crippen molar-refractivity contribution >= 4 is 11.5 Å². The summed E-state index contributed by atoms with van der Waals surface area (Å²) in [5.41, 5.74) is 4.56. The number of ether oxygens (including phenoxy) is 5. The Morgan fingerprint density at radius 3 is 1.81 bits per heavy atom. The van der Waals surface area contributed by atoms with Crippen LogP contribution >= 0.6 is 0 Å². The van der Waals surface area contributed by atoms with Crippen LogP contribution in [0.4, 0.5) is 0 Å². The highest BCUT2D eigenvalue weighted by molar-refractivity contribution is 5.83. The van der Waals surface area contributed by atoms with E-state index in [0.29, 0.717) is 6.42 Å². The standard InChI is InChI=1S/C25H30O6/c1-27-16-30-22-11-7-18(8-12-22)24(19-9-13-23(14-10-19)31-17-28-2)20-5-4-6-21(15-20)25(26)29-3/h7-14,21H,4-6,15-17H2,1-3H3. The molecule has 0 heterocycles. The second kappa shape index (κ2) is 11.5. The average molecular weight is 427 g/mol. The van der Waals surface area contributed by atoms with Gasteiger partial charge in [0, 0.05) is 14.2 Å². The number of benzene rings is 2. The Bertz CT molecular complexity index is 816. The molecule has 1 atom stereocenters. The lowest BCUT2D eigenvalue weighted by molar-refractivity contribution is -0.146. The van der Waals surface area contributed by atoms with Crippen molar-refractivity contribution in [3.8, 4) is 11.5 Å². The van der Waals surface area contributed by atoms with Gasteiger partial charge in [0.25, 0.3) is 0 Å². The quantitative estimate of drug-likeness (QED) is 0.423. The van der Waals surface area contributed by atoms with Crippen LogP contribution in [-0.2, 0) is 19.0 Å². The summed E-state index contributed by atoms with van der Waals surface area (Å²) in [6.07, 6.45) is 3.47. The molecule has 0 saturated heterocycles. The first-order valence-corrected chi connectivity index (χ1v) is 10.4. The number of methoxy groups -OCH3 is 3. The topological polar surface area (TPSA) is 63.2 Å². The highest BCUT2D eigenvalue weighted by Crippen LogP contribution is 2.38. The maximum Gasteiger partial charge on any atom is 0.308 e. The molecule has 1 aliphatic carbocycles. The molecule has 1 saturated carbocycles. The molecule has 6 nitrogen and oxygen atoms in total. The van der Waals surface area contributed by atoms with E-state index in [1.165, 1.54) is 12.7 Å². The van der Waals surface area contributed by atoms with Crippen molar-refractivity contribution in [3.05, 3.63) is 65.2 Å². The van der Waals surface area contributed by atoms with E-state index in [2.05, 4.69) is 0 Å². The Morgan fingerprint density at radius 2 is 1.35 bits per heavy atom. The highest BCUT2D eigenvalue weighted by Gasteiger charge is 2.27. The number of carbonyl (C=O) groups is 1. The minimum absolute atomic E-state index is 0.0997. The third-order valence-electron chi connectivity index (χ3n) is 5.38. The van der Waals surface area contributed by atoms with Crippen LogP contribution in [0.2, 0.25) is 0 Å². The largest absolute Gasteiger partial charge is 0.469 e. The second-order valence-electron chi connectivity index (χ2n) is 7.45. The lowest BCUT2D eigenvalue weighted by Gasteiger charge is -2.25. The number of carbonyl (C=O) groups excluding carboxylic acids is 1. The number of hydrogen-bond acceptors (Lipinski definition) is 6. The Balaban J connectivity index is 1.96. The minimum atomic E-state index is -0.136. The van der Waals surface area contributed by atoms with Crippen LogP contribution in [0.5, 0.6) is 11.5 Å². The Kier molecular flexibility index (Phi) is 8.50. The van der Waals surface area contributed by atoms with Crippen molar-refractivity contribution in [2.24, 2.45) is 5.92 Å². The second-order valence-corrected chi connectivity index (χ2v) is 7.45. The van der Waals surface area contributed by atoms with Crippen molar-refractivity contribution in [2.45, 2.75) is 25.7 Å². The zero-order valence-corrected chi connectivity index (χ0v) is 18.4. The molecule has 2 aromatic rings. The Hall–Kier alpha value is -2.83. The molecule has 0 amide bonds.